The van der Waals surface area contributed by atoms with Crippen molar-refractivity contribution in [1.82, 2.24) is 19.9 Å². The molecule has 0 aliphatic heterocycles. The van der Waals surface area contributed by atoms with Gasteiger partial charge in [0.2, 0.25) is 0 Å². The van der Waals surface area contributed by atoms with E-state index >= 15 is 0 Å². The van der Waals surface area contributed by atoms with Gasteiger partial charge < -0.3 is 5.32 Å². The third-order valence-corrected chi connectivity index (χ3v) is 3.78. The highest BCUT2D eigenvalue weighted by atomic mass is 16.6. The quantitative estimate of drug-likeness (QED) is 0.585. The smallest absolute Gasteiger partial charge is 0.269 e. The highest BCUT2D eigenvalue weighted by Crippen LogP contribution is 2.23. The molecule has 1 N–H and O–H groups in total. The third kappa shape index (κ3) is 2.94. The predicted octanol–water partition coefficient (Wildman–Crippen LogP) is 2.30. The highest BCUT2D eigenvalue weighted by Gasteiger charge is 2.24. The van der Waals surface area contributed by atoms with Crippen molar-refractivity contribution < 1.29 is 9.72 Å². The number of nitro groups is 1. The fraction of sp³-hybridized carbons (Fsp3) is 0.188. The van der Waals surface area contributed by atoms with Crippen molar-refractivity contribution in [2.75, 3.05) is 0 Å². The lowest BCUT2D eigenvalue weighted by Gasteiger charge is -2.27. The Labute approximate surface area is 137 Å². The molecule has 0 aliphatic rings. The van der Waals surface area contributed by atoms with Crippen molar-refractivity contribution in [3.05, 3.63) is 70.2 Å². The van der Waals surface area contributed by atoms with E-state index in [0.717, 1.165) is 5.56 Å². The Morgan fingerprint density at radius 1 is 1.21 bits per heavy atom. The van der Waals surface area contributed by atoms with E-state index in [1.54, 1.807) is 34.9 Å². The van der Waals surface area contributed by atoms with Crippen LogP contribution in [0.25, 0.3) is 5.65 Å². The number of nitrogens with zero attached hydrogens (tertiary/aromatic N) is 4. The second-order valence-electron chi connectivity index (χ2n) is 5.90. The van der Waals surface area contributed by atoms with E-state index in [0.29, 0.717) is 11.2 Å². The molecular formula is C16H15N5O3. The first-order valence-electron chi connectivity index (χ1n) is 7.24. The standard InChI is InChI=1S/C16H15N5O3/c1-16(2,12-4-6-13(7-5-12)21(23)24)18-15(22)11-3-8-14-19-17-10-20(14)9-11/h3-10H,1-2H3,(H,18,22). The molecule has 3 aromatic rings. The van der Waals surface area contributed by atoms with Gasteiger partial charge >= 0.3 is 0 Å². The molecule has 0 unspecified atom stereocenters. The number of hydrogen-bond donors (Lipinski definition) is 1. The summed E-state index contributed by atoms with van der Waals surface area (Å²) in [5, 5.41) is 21.3. The Kier molecular flexibility index (Phi) is 3.72. The summed E-state index contributed by atoms with van der Waals surface area (Å²) in [6, 6.07) is 9.51. The SMILES string of the molecule is CC(C)(NC(=O)c1ccc2nncn2c1)c1ccc([N+](=O)[O-])cc1. The number of nitro benzene ring substituents is 1. The van der Waals surface area contributed by atoms with Gasteiger partial charge in [0, 0.05) is 18.3 Å². The van der Waals surface area contributed by atoms with E-state index in [2.05, 4.69) is 15.5 Å². The third-order valence-electron chi connectivity index (χ3n) is 3.78. The average Bonchev–Trinajstić information content (AvgIpc) is 3.02. The number of carbonyl (C=O) groups excluding carboxylic acids is 1. The molecule has 8 nitrogen and oxygen atoms in total. The maximum Gasteiger partial charge on any atom is 0.269 e. The Morgan fingerprint density at radius 3 is 2.58 bits per heavy atom. The lowest BCUT2D eigenvalue weighted by molar-refractivity contribution is -0.384. The van der Waals surface area contributed by atoms with Gasteiger partial charge in [0.15, 0.2) is 5.65 Å². The highest BCUT2D eigenvalue weighted by molar-refractivity contribution is 5.94. The van der Waals surface area contributed by atoms with Crippen LogP contribution in [0.2, 0.25) is 0 Å². The molecule has 0 aliphatic carbocycles. The normalized spacial score (nSPS) is 11.4. The Morgan fingerprint density at radius 2 is 1.92 bits per heavy atom. The molecule has 24 heavy (non-hydrogen) atoms. The molecule has 0 spiro atoms. The minimum Gasteiger partial charge on any atom is -0.343 e. The second kappa shape index (κ2) is 5.73. The average molecular weight is 325 g/mol. The van der Waals surface area contributed by atoms with Crippen molar-refractivity contribution in [3.8, 4) is 0 Å². The summed E-state index contributed by atoms with van der Waals surface area (Å²) in [5.74, 6) is -0.256. The lowest BCUT2D eigenvalue weighted by atomic mass is 9.93. The van der Waals surface area contributed by atoms with Crippen molar-refractivity contribution >= 4 is 17.2 Å². The van der Waals surface area contributed by atoms with Gasteiger partial charge in [0.25, 0.3) is 11.6 Å². The van der Waals surface area contributed by atoms with Crippen molar-refractivity contribution in [2.45, 2.75) is 19.4 Å². The zero-order chi connectivity index (χ0) is 17.3. The van der Waals surface area contributed by atoms with Crippen LogP contribution in [-0.4, -0.2) is 25.4 Å². The number of non-ortho nitro benzene ring substituents is 1. The first-order chi connectivity index (χ1) is 11.4. The summed E-state index contributed by atoms with van der Waals surface area (Å²) in [4.78, 5) is 22.8. The van der Waals surface area contributed by atoms with Crippen LogP contribution in [0.5, 0.6) is 0 Å². The zero-order valence-electron chi connectivity index (χ0n) is 13.1. The topological polar surface area (TPSA) is 102 Å². The van der Waals surface area contributed by atoms with Gasteiger partial charge in [-0.2, -0.15) is 0 Å². The number of fused-ring (bicyclic) bond motifs is 1. The van der Waals surface area contributed by atoms with Crippen LogP contribution in [0.4, 0.5) is 5.69 Å². The summed E-state index contributed by atoms with van der Waals surface area (Å²) >= 11 is 0. The zero-order valence-corrected chi connectivity index (χ0v) is 13.1. The van der Waals surface area contributed by atoms with Crippen LogP contribution in [0.3, 0.4) is 0 Å². The summed E-state index contributed by atoms with van der Waals surface area (Å²) in [6.45, 7) is 3.67. The molecule has 1 aromatic carbocycles. The molecule has 8 heteroatoms. The Balaban J connectivity index is 1.82. The molecule has 0 saturated carbocycles. The summed E-state index contributed by atoms with van der Waals surface area (Å²) in [5.41, 5.74) is 1.22. The van der Waals surface area contributed by atoms with E-state index in [1.165, 1.54) is 18.5 Å². The minimum absolute atomic E-state index is 0.0129. The van der Waals surface area contributed by atoms with Gasteiger partial charge in [0.05, 0.1) is 16.0 Å². The number of amides is 1. The van der Waals surface area contributed by atoms with E-state index in [-0.39, 0.29) is 11.6 Å². The minimum atomic E-state index is -0.686. The molecule has 0 bridgehead atoms. The van der Waals surface area contributed by atoms with Gasteiger partial charge in [-0.05, 0) is 43.7 Å². The fourth-order valence-electron chi connectivity index (χ4n) is 2.39. The number of nitrogens with one attached hydrogen (secondary N) is 1. The number of carbonyl (C=O) groups is 1. The maximum absolute atomic E-state index is 12.5. The molecule has 0 radical (unpaired) electrons. The van der Waals surface area contributed by atoms with E-state index in [1.807, 2.05) is 13.8 Å². The van der Waals surface area contributed by atoms with Crippen LogP contribution in [0.1, 0.15) is 29.8 Å². The van der Waals surface area contributed by atoms with Crippen molar-refractivity contribution in [1.29, 1.82) is 0 Å². The molecule has 3 rings (SSSR count). The maximum atomic E-state index is 12.5. The predicted molar refractivity (Wildman–Crippen MR) is 86.6 cm³/mol. The van der Waals surface area contributed by atoms with Gasteiger partial charge in [-0.15, -0.1) is 10.2 Å². The van der Waals surface area contributed by atoms with E-state index < -0.39 is 10.5 Å². The van der Waals surface area contributed by atoms with Crippen molar-refractivity contribution in [2.24, 2.45) is 0 Å². The van der Waals surface area contributed by atoms with Crippen LogP contribution >= 0.6 is 0 Å². The largest absolute Gasteiger partial charge is 0.343 e. The first-order valence-corrected chi connectivity index (χ1v) is 7.24. The number of aromatic nitrogens is 3. The molecule has 122 valence electrons. The molecular weight excluding hydrogens is 310 g/mol. The van der Waals surface area contributed by atoms with Crippen LogP contribution in [0.15, 0.2) is 48.9 Å². The molecule has 0 saturated heterocycles. The summed E-state index contributed by atoms with van der Waals surface area (Å²) in [6.07, 6.45) is 3.17. The second-order valence-corrected chi connectivity index (χ2v) is 5.90. The molecule has 1 amide bonds. The first kappa shape index (κ1) is 15.6. The van der Waals surface area contributed by atoms with E-state index in [9.17, 15) is 14.9 Å². The number of benzene rings is 1. The summed E-state index contributed by atoms with van der Waals surface area (Å²) in [7, 11) is 0. The van der Waals surface area contributed by atoms with E-state index in [4.69, 9.17) is 0 Å². The van der Waals surface area contributed by atoms with Crippen LogP contribution < -0.4 is 5.32 Å². The molecule has 2 heterocycles. The van der Waals surface area contributed by atoms with Crippen LogP contribution in [-0.2, 0) is 5.54 Å². The number of pyridine rings is 1. The van der Waals surface area contributed by atoms with Gasteiger partial charge in [0.1, 0.15) is 6.33 Å². The Hall–Kier alpha value is -3.29. The van der Waals surface area contributed by atoms with Gasteiger partial charge in [-0.25, -0.2) is 0 Å². The molecule has 0 atom stereocenters. The van der Waals surface area contributed by atoms with Gasteiger partial charge in [-0.1, -0.05) is 0 Å². The lowest BCUT2D eigenvalue weighted by Crippen LogP contribution is -2.41. The van der Waals surface area contributed by atoms with Crippen molar-refractivity contribution in [3.63, 3.8) is 0 Å². The Bertz CT molecular complexity index is 915. The fourth-order valence-corrected chi connectivity index (χ4v) is 2.39. The van der Waals surface area contributed by atoms with Crippen LogP contribution in [0, 0.1) is 10.1 Å². The monoisotopic (exact) mass is 325 g/mol. The molecule has 0 fully saturated rings. The summed E-state index contributed by atoms with van der Waals surface area (Å²) < 4.78 is 1.66. The van der Waals surface area contributed by atoms with Gasteiger partial charge in [-0.3, -0.25) is 19.3 Å². The number of rotatable bonds is 4. The molecule has 2 aromatic heterocycles. The number of hydrogen-bond acceptors (Lipinski definition) is 5.